The summed E-state index contributed by atoms with van der Waals surface area (Å²) in [4.78, 5) is 28.3. The number of carbonyl (C=O) groups is 2. The van der Waals surface area contributed by atoms with Crippen molar-refractivity contribution in [3.05, 3.63) is 93.5 Å². The Balaban J connectivity index is 2.07. The van der Waals surface area contributed by atoms with E-state index >= 15 is 0 Å². The second-order valence-corrected chi connectivity index (χ2v) is 12.4. The molecule has 0 heterocycles. The zero-order valence-electron chi connectivity index (χ0n) is 22.6. The van der Waals surface area contributed by atoms with E-state index in [2.05, 4.69) is 5.32 Å². The van der Waals surface area contributed by atoms with E-state index in [1.165, 1.54) is 17.0 Å². The van der Waals surface area contributed by atoms with Crippen molar-refractivity contribution in [2.75, 3.05) is 10.8 Å². The molecule has 39 heavy (non-hydrogen) atoms. The van der Waals surface area contributed by atoms with Crippen molar-refractivity contribution in [2.45, 2.75) is 58.1 Å². The molecule has 0 radical (unpaired) electrons. The summed E-state index contributed by atoms with van der Waals surface area (Å²) in [6.45, 7) is 8.29. The number of sulfonamides is 1. The molecule has 0 fully saturated rings. The standard InChI is InChI=1S/C29H33Cl2N3O4S/c1-19(2)32-29(36)22(5)33(17-25-26(30)10-7-11-27(25)31)28(35)18-34(23-9-6-8-21(4)16-23)39(37,38)24-14-12-20(3)13-15-24/h6-16,19,22H,17-18H2,1-5H3,(H,32,36)/t22-/m0/s1. The molecule has 0 saturated carbocycles. The van der Waals surface area contributed by atoms with E-state index in [1.54, 1.807) is 55.5 Å². The lowest BCUT2D eigenvalue weighted by atomic mass is 10.1. The quantitative estimate of drug-likeness (QED) is 0.326. The molecule has 0 aromatic heterocycles. The van der Waals surface area contributed by atoms with Crippen LogP contribution in [0.5, 0.6) is 0 Å². The van der Waals surface area contributed by atoms with Gasteiger partial charge in [0, 0.05) is 28.2 Å². The van der Waals surface area contributed by atoms with Crippen LogP contribution in [0.4, 0.5) is 5.69 Å². The Bertz CT molecular complexity index is 1420. The molecule has 208 valence electrons. The first-order chi connectivity index (χ1) is 18.3. The van der Waals surface area contributed by atoms with Crippen LogP contribution in [0.25, 0.3) is 0 Å². The molecule has 0 saturated heterocycles. The molecule has 3 rings (SSSR count). The second kappa shape index (κ2) is 12.9. The van der Waals surface area contributed by atoms with Crippen molar-refractivity contribution >= 4 is 50.7 Å². The van der Waals surface area contributed by atoms with Gasteiger partial charge in [-0.2, -0.15) is 0 Å². The normalized spacial score (nSPS) is 12.2. The fraction of sp³-hybridized carbons (Fsp3) is 0.310. The highest BCUT2D eigenvalue weighted by Gasteiger charge is 2.33. The maximum absolute atomic E-state index is 14.0. The van der Waals surface area contributed by atoms with E-state index in [9.17, 15) is 18.0 Å². The number of nitrogens with zero attached hydrogens (tertiary/aromatic N) is 2. The van der Waals surface area contributed by atoms with E-state index < -0.39 is 28.5 Å². The van der Waals surface area contributed by atoms with Gasteiger partial charge in [-0.1, -0.05) is 59.1 Å². The van der Waals surface area contributed by atoms with Crippen LogP contribution in [0.3, 0.4) is 0 Å². The summed E-state index contributed by atoms with van der Waals surface area (Å²) in [5.41, 5.74) is 2.52. The number of hydrogen-bond donors (Lipinski definition) is 1. The molecule has 7 nitrogen and oxygen atoms in total. The lowest BCUT2D eigenvalue weighted by Crippen LogP contribution is -2.52. The molecule has 0 unspecified atom stereocenters. The number of rotatable bonds is 10. The van der Waals surface area contributed by atoms with Gasteiger partial charge in [0.1, 0.15) is 12.6 Å². The molecule has 3 aromatic carbocycles. The van der Waals surface area contributed by atoms with E-state index in [0.29, 0.717) is 21.3 Å². The van der Waals surface area contributed by atoms with E-state index in [1.807, 2.05) is 33.8 Å². The summed E-state index contributed by atoms with van der Waals surface area (Å²) in [7, 11) is -4.14. The summed E-state index contributed by atoms with van der Waals surface area (Å²) < 4.78 is 28.8. The number of amides is 2. The first-order valence-electron chi connectivity index (χ1n) is 12.5. The summed E-state index contributed by atoms with van der Waals surface area (Å²) in [5.74, 6) is -0.973. The minimum absolute atomic E-state index is 0.0497. The van der Waals surface area contributed by atoms with Gasteiger partial charge in [0.2, 0.25) is 11.8 Å². The summed E-state index contributed by atoms with van der Waals surface area (Å²) in [6.07, 6.45) is 0. The molecule has 0 aliphatic rings. The lowest BCUT2D eigenvalue weighted by Gasteiger charge is -2.32. The van der Waals surface area contributed by atoms with Crippen molar-refractivity contribution in [2.24, 2.45) is 0 Å². The smallest absolute Gasteiger partial charge is 0.264 e. The molecule has 2 amide bonds. The van der Waals surface area contributed by atoms with Gasteiger partial charge in [-0.15, -0.1) is 0 Å². The monoisotopic (exact) mass is 589 g/mol. The fourth-order valence-electron chi connectivity index (χ4n) is 3.99. The van der Waals surface area contributed by atoms with Crippen LogP contribution in [0, 0.1) is 13.8 Å². The van der Waals surface area contributed by atoms with Gasteiger partial charge in [-0.3, -0.25) is 13.9 Å². The molecule has 0 bridgehead atoms. The highest BCUT2D eigenvalue weighted by molar-refractivity contribution is 7.92. The van der Waals surface area contributed by atoms with Crippen LogP contribution < -0.4 is 9.62 Å². The highest BCUT2D eigenvalue weighted by atomic mass is 35.5. The first kappa shape index (κ1) is 30.5. The molecule has 10 heteroatoms. The molecule has 1 atom stereocenters. The van der Waals surface area contributed by atoms with Crippen molar-refractivity contribution in [1.82, 2.24) is 10.2 Å². The number of aryl methyl sites for hydroxylation is 2. The maximum Gasteiger partial charge on any atom is 0.264 e. The number of anilines is 1. The number of benzene rings is 3. The van der Waals surface area contributed by atoms with Crippen molar-refractivity contribution in [3.8, 4) is 0 Å². The van der Waals surface area contributed by atoms with Crippen molar-refractivity contribution < 1.29 is 18.0 Å². The van der Waals surface area contributed by atoms with Crippen molar-refractivity contribution in [1.29, 1.82) is 0 Å². The Hall–Kier alpha value is -3.07. The fourth-order valence-corrected chi connectivity index (χ4v) is 5.91. The minimum atomic E-state index is -4.14. The van der Waals surface area contributed by atoms with Crippen LogP contribution >= 0.6 is 23.2 Å². The molecule has 0 spiro atoms. The van der Waals surface area contributed by atoms with Gasteiger partial charge in [0.05, 0.1) is 10.6 Å². The molecule has 0 aliphatic heterocycles. The van der Waals surface area contributed by atoms with Crippen LogP contribution in [0.2, 0.25) is 10.0 Å². The zero-order chi connectivity index (χ0) is 28.9. The highest BCUT2D eigenvalue weighted by Crippen LogP contribution is 2.28. The molecule has 0 aliphatic carbocycles. The Morgan fingerprint density at radius 2 is 1.46 bits per heavy atom. The van der Waals surface area contributed by atoms with Gasteiger partial charge in [-0.05, 0) is 76.6 Å². The maximum atomic E-state index is 14.0. The molecular weight excluding hydrogens is 557 g/mol. The van der Waals surface area contributed by atoms with Crippen LogP contribution in [0.1, 0.15) is 37.5 Å². The topological polar surface area (TPSA) is 86.8 Å². The number of carbonyl (C=O) groups excluding carboxylic acids is 2. The van der Waals surface area contributed by atoms with Crippen LogP contribution in [-0.2, 0) is 26.2 Å². The molecular formula is C29H33Cl2N3O4S. The molecule has 3 aromatic rings. The molecule has 1 N–H and O–H groups in total. The Morgan fingerprint density at radius 3 is 2.03 bits per heavy atom. The van der Waals surface area contributed by atoms with E-state index in [0.717, 1.165) is 15.4 Å². The third-order valence-corrected chi connectivity index (χ3v) is 8.66. The third-order valence-electron chi connectivity index (χ3n) is 6.17. The van der Waals surface area contributed by atoms with Gasteiger partial charge in [-0.25, -0.2) is 8.42 Å². The number of halogens is 2. The first-order valence-corrected chi connectivity index (χ1v) is 14.7. The second-order valence-electron chi connectivity index (χ2n) is 9.72. The predicted molar refractivity (Wildman–Crippen MR) is 157 cm³/mol. The van der Waals surface area contributed by atoms with Gasteiger partial charge >= 0.3 is 0 Å². The number of hydrogen-bond acceptors (Lipinski definition) is 4. The third kappa shape index (κ3) is 7.53. The summed E-state index contributed by atoms with van der Waals surface area (Å²) in [5, 5.41) is 3.48. The van der Waals surface area contributed by atoms with Gasteiger partial charge in [0.25, 0.3) is 10.0 Å². The zero-order valence-corrected chi connectivity index (χ0v) is 24.9. The Labute approximate surface area is 240 Å². The Morgan fingerprint density at radius 1 is 0.872 bits per heavy atom. The van der Waals surface area contributed by atoms with Crippen molar-refractivity contribution in [3.63, 3.8) is 0 Å². The van der Waals surface area contributed by atoms with Crippen LogP contribution in [-0.4, -0.2) is 43.8 Å². The largest absolute Gasteiger partial charge is 0.352 e. The minimum Gasteiger partial charge on any atom is -0.352 e. The lowest BCUT2D eigenvalue weighted by molar-refractivity contribution is -0.139. The van der Waals surface area contributed by atoms with E-state index in [4.69, 9.17) is 23.2 Å². The average Bonchev–Trinajstić information content (AvgIpc) is 2.86. The average molecular weight is 591 g/mol. The number of nitrogens with one attached hydrogen (secondary N) is 1. The van der Waals surface area contributed by atoms with Crippen LogP contribution in [0.15, 0.2) is 71.6 Å². The SMILES string of the molecule is Cc1ccc(S(=O)(=O)N(CC(=O)N(Cc2c(Cl)cccc2Cl)[C@@H](C)C(=O)NC(C)C)c2cccc(C)c2)cc1. The van der Waals surface area contributed by atoms with Gasteiger partial charge < -0.3 is 10.2 Å². The van der Waals surface area contributed by atoms with E-state index in [-0.39, 0.29) is 23.4 Å². The summed E-state index contributed by atoms with van der Waals surface area (Å²) >= 11 is 12.8. The predicted octanol–water partition coefficient (Wildman–Crippen LogP) is 5.75. The Kier molecular flexibility index (Phi) is 10.0. The summed E-state index contributed by atoms with van der Waals surface area (Å²) in [6, 6.07) is 17.2. The van der Waals surface area contributed by atoms with Gasteiger partial charge in [0.15, 0.2) is 0 Å².